The number of aryl methyl sites for hydroxylation is 1. The Labute approximate surface area is 105 Å². The molecule has 0 spiro atoms. The molecular formula is C14H15N3O. The SMILES string of the molecule is CN(C)/C=C1\CCn2c1nc(=O)c1ccccc12. The Balaban J connectivity index is 2.31. The first kappa shape index (κ1) is 11.0. The van der Waals surface area contributed by atoms with Gasteiger partial charge in [0.25, 0.3) is 5.56 Å². The van der Waals surface area contributed by atoms with Crippen LogP contribution in [-0.2, 0) is 6.54 Å². The Morgan fingerprint density at radius 1 is 1.33 bits per heavy atom. The van der Waals surface area contributed by atoms with E-state index < -0.39 is 0 Å². The van der Waals surface area contributed by atoms with Crippen molar-refractivity contribution in [2.24, 2.45) is 0 Å². The van der Waals surface area contributed by atoms with Crippen molar-refractivity contribution in [3.63, 3.8) is 0 Å². The Hall–Kier alpha value is -2.10. The maximum Gasteiger partial charge on any atom is 0.281 e. The number of rotatable bonds is 1. The first-order chi connectivity index (χ1) is 8.66. The Morgan fingerprint density at radius 2 is 2.11 bits per heavy atom. The largest absolute Gasteiger partial charge is 0.383 e. The summed E-state index contributed by atoms with van der Waals surface area (Å²) in [4.78, 5) is 18.2. The molecule has 0 saturated heterocycles. The molecule has 0 radical (unpaired) electrons. The predicted molar refractivity (Wildman–Crippen MR) is 72.3 cm³/mol. The third kappa shape index (κ3) is 1.61. The van der Waals surface area contributed by atoms with Crippen molar-refractivity contribution in [3.05, 3.63) is 46.6 Å². The molecule has 0 saturated carbocycles. The van der Waals surface area contributed by atoms with E-state index in [2.05, 4.69) is 9.55 Å². The van der Waals surface area contributed by atoms with Crippen molar-refractivity contribution >= 4 is 16.5 Å². The number of allylic oxidation sites excluding steroid dienone is 1. The average molecular weight is 241 g/mol. The molecule has 0 amide bonds. The average Bonchev–Trinajstić information content (AvgIpc) is 2.72. The fraction of sp³-hybridized carbons (Fsp3) is 0.286. The minimum atomic E-state index is -0.136. The maximum absolute atomic E-state index is 12.0. The normalized spacial score (nSPS) is 16.2. The summed E-state index contributed by atoms with van der Waals surface area (Å²) in [6.07, 6.45) is 2.97. The highest BCUT2D eigenvalue weighted by molar-refractivity contribution is 5.81. The number of fused-ring (bicyclic) bond motifs is 3. The third-order valence-electron chi connectivity index (χ3n) is 3.19. The van der Waals surface area contributed by atoms with Gasteiger partial charge >= 0.3 is 0 Å². The lowest BCUT2D eigenvalue weighted by Gasteiger charge is -2.09. The molecule has 2 heterocycles. The van der Waals surface area contributed by atoms with Crippen molar-refractivity contribution in [1.82, 2.24) is 14.5 Å². The first-order valence-electron chi connectivity index (χ1n) is 6.04. The van der Waals surface area contributed by atoms with Gasteiger partial charge in [0.2, 0.25) is 0 Å². The molecule has 1 aliphatic rings. The molecule has 4 nitrogen and oxygen atoms in total. The highest BCUT2D eigenvalue weighted by Crippen LogP contribution is 2.27. The number of aromatic nitrogens is 2. The lowest BCUT2D eigenvalue weighted by atomic mass is 10.2. The van der Waals surface area contributed by atoms with Crippen LogP contribution in [0.2, 0.25) is 0 Å². The van der Waals surface area contributed by atoms with Crippen LogP contribution >= 0.6 is 0 Å². The number of hydrogen-bond donors (Lipinski definition) is 0. The maximum atomic E-state index is 12.0. The van der Waals surface area contributed by atoms with Crippen LogP contribution in [0.3, 0.4) is 0 Å². The molecule has 0 atom stereocenters. The first-order valence-corrected chi connectivity index (χ1v) is 6.04. The van der Waals surface area contributed by atoms with Gasteiger partial charge in [0.05, 0.1) is 10.9 Å². The van der Waals surface area contributed by atoms with Crippen LogP contribution in [-0.4, -0.2) is 28.5 Å². The van der Waals surface area contributed by atoms with Crippen LogP contribution < -0.4 is 5.56 Å². The van der Waals surface area contributed by atoms with E-state index in [1.807, 2.05) is 49.5 Å². The molecular weight excluding hydrogens is 226 g/mol. The van der Waals surface area contributed by atoms with Crippen LogP contribution in [0.5, 0.6) is 0 Å². The van der Waals surface area contributed by atoms with Gasteiger partial charge in [-0.1, -0.05) is 12.1 Å². The predicted octanol–water partition coefficient (Wildman–Crippen LogP) is 1.70. The van der Waals surface area contributed by atoms with Crippen LogP contribution in [0.1, 0.15) is 12.2 Å². The van der Waals surface area contributed by atoms with E-state index >= 15 is 0 Å². The molecule has 2 aromatic rings. The van der Waals surface area contributed by atoms with Gasteiger partial charge in [-0.15, -0.1) is 0 Å². The van der Waals surface area contributed by atoms with Crippen molar-refractivity contribution in [3.8, 4) is 0 Å². The Morgan fingerprint density at radius 3 is 2.89 bits per heavy atom. The molecule has 1 aromatic carbocycles. The number of benzene rings is 1. The van der Waals surface area contributed by atoms with Crippen LogP contribution in [0.4, 0.5) is 0 Å². The second-order valence-corrected chi connectivity index (χ2v) is 4.78. The molecule has 0 N–H and O–H groups in total. The summed E-state index contributed by atoms with van der Waals surface area (Å²) in [6, 6.07) is 7.67. The van der Waals surface area contributed by atoms with Crippen LogP contribution in [0, 0.1) is 0 Å². The summed E-state index contributed by atoms with van der Waals surface area (Å²) in [5.74, 6) is 0.812. The lowest BCUT2D eigenvalue weighted by molar-refractivity contribution is 0.564. The summed E-state index contributed by atoms with van der Waals surface area (Å²) >= 11 is 0. The second-order valence-electron chi connectivity index (χ2n) is 4.78. The molecule has 18 heavy (non-hydrogen) atoms. The van der Waals surface area contributed by atoms with Gasteiger partial charge in [0.15, 0.2) is 0 Å². The van der Waals surface area contributed by atoms with E-state index in [0.29, 0.717) is 5.39 Å². The fourth-order valence-corrected chi connectivity index (χ4v) is 2.47. The minimum Gasteiger partial charge on any atom is -0.383 e. The molecule has 0 fully saturated rings. The van der Waals surface area contributed by atoms with E-state index in [1.165, 1.54) is 0 Å². The van der Waals surface area contributed by atoms with E-state index in [0.717, 1.165) is 29.9 Å². The quantitative estimate of drug-likeness (QED) is 0.762. The molecule has 1 aromatic heterocycles. The van der Waals surface area contributed by atoms with E-state index in [1.54, 1.807) is 0 Å². The zero-order valence-corrected chi connectivity index (χ0v) is 10.6. The molecule has 3 rings (SSSR count). The van der Waals surface area contributed by atoms with Gasteiger partial charge in [-0.2, -0.15) is 4.98 Å². The van der Waals surface area contributed by atoms with E-state index in [-0.39, 0.29) is 5.56 Å². The second kappa shape index (κ2) is 3.98. The van der Waals surface area contributed by atoms with Gasteiger partial charge in [-0.05, 0) is 18.6 Å². The molecule has 92 valence electrons. The van der Waals surface area contributed by atoms with Crippen molar-refractivity contribution in [2.75, 3.05) is 14.1 Å². The summed E-state index contributed by atoms with van der Waals surface area (Å²) in [5.41, 5.74) is 1.97. The molecule has 0 unspecified atom stereocenters. The summed E-state index contributed by atoms with van der Waals surface area (Å²) in [6.45, 7) is 0.892. The van der Waals surface area contributed by atoms with Gasteiger partial charge in [-0.25, -0.2) is 0 Å². The topological polar surface area (TPSA) is 38.1 Å². The Kier molecular flexibility index (Phi) is 2.44. The van der Waals surface area contributed by atoms with Gasteiger partial charge in [-0.3, -0.25) is 4.79 Å². The molecule has 4 heteroatoms. The Bertz CT molecular complexity index is 698. The number of hydrogen-bond acceptors (Lipinski definition) is 3. The molecule has 1 aliphatic heterocycles. The zero-order chi connectivity index (χ0) is 12.7. The van der Waals surface area contributed by atoms with Crippen molar-refractivity contribution < 1.29 is 0 Å². The van der Waals surface area contributed by atoms with Crippen molar-refractivity contribution in [2.45, 2.75) is 13.0 Å². The zero-order valence-electron chi connectivity index (χ0n) is 10.6. The van der Waals surface area contributed by atoms with Crippen LogP contribution in [0.15, 0.2) is 35.3 Å². The smallest absolute Gasteiger partial charge is 0.281 e. The lowest BCUT2D eigenvalue weighted by Crippen LogP contribution is -2.14. The van der Waals surface area contributed by atoms with E-state index in [9.17, 15) is 4.79 Å². The number of nitrogens with zero attached hydrogens (tertiary/aromatic N) is 3. The van der Waals surface area contributed by atoms with Crippen molar-refractivity contribution in [1.29, 1.82) is 0 Å². The summed E-state index contributed by atoms with van der Waals surface area (Å²) < 4.78 is 2.13. The monoisotopic (exact) mass is 241 g/mol. The third-order valence-corrected chi connectivity index (χ3v) is 3.19. The highest BCUT2D eigenvalue weighted by Gasteiger charge is 2.20. The summed E-state index contributed by atoms with van der Waals surface area (Å²) in [5, 5.41) is 0.701. The number of para-hydroxylation sites is 1. The van der Waals surface area contributed by atoms with Gasteiger partial charge in [0, 0.05) is 32.4 Å². The highest BCUT2D eigenvalue weighted by atomic mass is 16.1. The summed E-state index contributed by atoms with van der Waals surface area (Å²) in [7, 11) is 3.96. The van der Waals surface area contributed by atoms with Crippen LogP contribution in [0.25, 0.3) is 16.5 Å². The van der Waals surface area contributed by atoms with Gasteiger partial charge < -0.3 is 9.47 Å². The molecule has 0 aliphatic carbocycles. The molecule has 0 bridgehead atoms. The van der Waals surface area contributed by atoms with Gasteiger partial charge in [0.1, 0.15) is 5.82 Å². The minimum absolute atomic E-state index is 0.136. The standard InChI is InChI=1S/C14H15N3O/c1-16(2)9-10-7-8-17-12-6-4-3-5-11(12)14(18)15-13(10)17/h3-6,9H,7-8H2,1-2H3/b10-9+. The fourth-order valence-electron chi connectivity index (χ4n) is 2.47. The van der Waals surface area contributed by atoms with E-state index in [4.69, 9.17) is 0 Å².